The summed E-state index contributed by atoms with van der Waals surface area (Å²) >= 11 is 0. The van der Waals surface area contributed by atoms with Crippen molar-refractivity contribution in [3.63, 3.8) is 0 Å². The predicted molar refractivity (Wildman–Crippen MR) is 134 cm³/mol. The zero-order chi connectivity index (χ0) is 26.5. The number of alkyl halides is 2. The van der Waals surface area contributed by atoms with Crippen LogP contribution in [0.15, 0.2) is 65.7 Å². The summed E-state index contributed by atoms with van der Waals surface area (Å²) in [5.74, 6) is -4.12. The number of aromatic nitrogens is 3. The maximum atomic E-state index is 13.5. The number of sulfone groups is 1. The van der Waals surface area contributed by atoms with Gasteiger partial charge in [-0.3, -0.25) is 14.8 Å². The lowest BCUT2D eigenvalue weighted by Gasteiger charge is -2.10. The fraction of sp³-hybridized carbons (Fsp3) is 0.259. The molecule has 8 nitrogen and oxygen atoms in total. The first-order valence-corrected chi connectivity index (χ1v) is 13.7. The minimum Gasteiger partial charge on any atom is -0.376 e. The molecule has 1 aliphatic heterocycles. The van der Waals surface area contributed by atoms with Crippen molar-refractivity contribution in [1.29, 1.82) is 0 Å². The Hall–Kier alpha value is -3.83. The zero-order valence-corrected chi connectivity index (χ0v) is 20.8. The molecule has 11 heteroatoms. The van der Waals surface area contributed by atoms with Crippen LogP contribution in [0.1, 0.15) is 39.6 Å². The second-order valence-electron chi connectivity index (χ2n) is 9.41. The summed E-state index contributed by atoms with van der Waals surface area (Å²) in [6.07, 6.45) is 1.45. The lowest BCUT2D eigenvalue weighted by molar-refractivity contribution is 0.0949. The number of fused-ring (bicyclic) bond motifs is 2. The minimum absolute atomic E-state index is 0.0954. The summed E-state index contributed by atoms with van der Waals surface area (Å²) in [6.45, 7) is 0.386. The molecule has 1 atom stereocenters. The molecular formula is C27H22F2N4O4S. The van der Waals surface area contributed by atoms with Crippen molar-refractivity contribution in [3.05, 3.63) is 83.3 Å². The van der Waals surface area contributed by atoms with Gasteiger partial charge in [0.15, 0.2) is 9.84 Å². The van der Waals surface area contributed by atoms with E-state index in [1.807, 2.05) is 6.07 Å². The molecule has 2 aliphatic rings. The largest absolute Gasteiger partial charge is 0.376 e. The SMILES string of the molecule is O=C(NCc1cc2nc(-c3cccc([C@@H]4CC4(F)F)n3)ccc2cn1)c1ccc2c(c1)S(=O)(=O)CCOC2. The highest BCUT2D eigenvalue weighted by atomic mass is 32.2. The monoisotopic (exact) mass is 536 g/mol. The summed E-state index contributed by atoms with van der Waals surface area (Å²) < 4.78 is 57.4. The summed E-state index contributed by atoms with van der Waals surface area (Å²) in [6, 6.07) is 14.9. The standard InChI is InChI=1S/C27H22F2N4O4S/c28-27(29)12-20(27)21-2-1-3-22(32-21)23-7-6-17-13-30-19(11-24(17)33-23)14-31-26(34)16-4-5-18-15-37-8-9-38(35,36)25(18)10-16/h1-7,10-11,13,20H,8-9,12,14-15H2,(H,31,34)/t20-/m0/s1. The average molecular weight is 537 g/mol. The molecule has 38 heavy (non-hydrogen) atoms. The Kier molecular flexibility index (Phi) is 5.92. The van der Waals surface area contributed by atoms with E-state index in [2.05, 4.69) is 20.3 Å². The maximum absolute atomic E-state index is 13.5. The van der Waals surface area contributed by atoms with Gasteiger partial charge in [-0.15, -0.1) is 0 Å². The Morgan fingerprint density at radius 3 is 2.71 bits per heavy atom. The van der Waals surface area contributed by atoms with Crippen LogP contribution in [0.2, 0.25) is 0 Å². The summed E-state index contributed by atoms with van der Waals surface area (Å²) in [4.78, 5) is 26.3. The van der Waals surface area contributed by atoms with Crippen LogP contribution in [0.5, 0.6) is 0 Å². The molecule has 0 bridgehead atoms. The number of ether oxygens (including phenoxy) is 1. The second-order valence-corrected chi connectivity index (χ2v) is 11.5. The fourth-order valence-corrected chi connectivity index (χ4v) is 5.85. The highest BCUT2D eigenvalue weighted by Gasteiger charge is 2.58. The number of hydrogen-bond acceptors (Lipinski definition) is 7. The van der Waals surface area contributed by atoms with Gasteiger partial charge in [0.2, 0.25) is 0 Å². The number of amides is 1. The Bertz CT molecular complexity index is 1690. The van der Waals surface area contributed by atoms with Gasteiger partial charge in [-0.1, -0.05) is 12.1 Å². The lowest BCUT2D eigenvalue weighted by atomic mass is 10.1. The Morgan fingerprint density at radius 2 is 1.89 bits per heavy atom. The summed E-state index contributed by atoms with van der Waals surface area (Å²) in [5.41, 5.74) is 3.31. The van der Waals surface area contributed by atoms with Crippen molar-refractivity contribution >= 4 is 26.6 Å². The zero-order valence-electron chi connectivity index (χ0n) is 20.0. The number of nitrogens with one attached hydrogen (secondary N) is 1. The van der Waals surface area contributed by atoms with Crippen molar-refractivity contribution in [2.24, 2.45) is 0 Å². The first-order valence-electron chi connectivity index (χ1n) is 12.0. The summed E-state index contributed by atoms with van der Waals surface area (Å²) in [7, 11) is -3.53. The molecule has 1 fully saturated rings. The molecule has 3 aromatic heterocycles. The van der Waals surface area contributed by atoms with E-state index in [1.54, 1.807) is 48.7 Å². The third-order valence-electron chi connectivity index (χ3n) is 6.69. The molecule has 1 saturated carbocycles. The second kappa shape index (κ2) is 9.17. The first-order chi connectivity index (χ1) is 18.2. The van der Waals surface area contributed by atoms with Crippen LogP contribution in [0.25, 0.3) is 22.3 Å². The molecule has 4 aromatic rings. The normalized spacial score (nSPS) is 19.4. The molecule has 4 heterocycles. The van der Waals surface area contributed by atoms with E-state index in [0.717, 1.165) is 5.39 Å². The molecule has 6 rings (SSSR count). The average Bonchev–Trinajstić information content (AvgIpc) is 3.60. The van der Waals surface area contributed by atoms with E-state index in [4.69, 9.17) is 4.74 Å². The molecule has 0 saturated heterocycles. The number of halogens is 2. The number of rotatable bonds is 5. The van der Waals surface area contributed by atoms with Crippen molar-refractivity contribution in [1.82, 2.24) is 20.3 Å². The molecule has 1 amide bonds. The van der Waals surface area contributed by atoms with Crippen LogP contribution in [-0.2, 0) is 27.7 Å². The van der Waals surface area contributed by atoms with E-state index in [1.165, 1.54) is 6.07 Å². The van der Waals surface area contributed by atoms with Gasteiger partial charge in [0, 0.05) is 23.6 Å². The Labute approximate surface area is 217 Å². The van der Waals surface area contributed by atoms with Gasteiger partial charge in [-0.25, -0.2) is 22.2 Å². The number of pyridine rings is 3. The van der Waals surface area contributed by atoms with Gasteiger partial charge in [0.05, 0.1) is 64.6 Å². The highest BCUT2D eigenvalue weighted by Crippen LogP contribution is 2.55. The molecule has 1 N–H and O–H groups in total. The van der Waals surface area contributed by atoms with Gasteiger partial charge in [-0.05, 0) is 48.0 Å². The van der Waals surface area contributed by atoms with Crippen LogP contribution in [0.4, 0.5) is 8.78 Å². The third-order valence-corrected chi connectivity index (χ3v) is 8.45. The first kappa shape index (κ1) is 24.5. The van der Waals surface area contributed by atoms with Crippen LogP contribution in [0.3, 0.4) is 0 Å². The van der Waals surface area contributed by atoms with Crippen molar-refractivity contribution in [2.45, 2.75) is 36.3 Å². The molecular weight excluding hydrogens is 514 g/mol. The molecule has 194 valence electrons. The quantitative estimate of drug-likeness (QED) is 0.410. The molecule has 1 aliphatic carbocycles. The number of carbonyl (C=O) groups is 1. The number of benzene rings is 1. The van der Waals surface area contributed by atoms with Crippen LogP contribution < -0.4 is 5.32 Å². The number of hydrogen-bond donors (Lipinski definition) is 1. The van der Waals surface area contributed by atoms with E-state index in [0.29, 0.717) is 33.9 Å². The van der Waals surface area contributed by atoms with Crippen LogP contribution >= 0.6 is 0 Å². The van der Waals surface area contributed by atoms with Gasteiger partial charge in [0.1, 0.15) is 0 Å². The van der Waals surface area contributed by atoms with E-state index >= 15 is 0 Å². The predicted octanol–water partition coefficient (Wildman–Crippen LogP) is 4.05. The topological polar surface area (TPSA) is 111 Å². The number of nitrogens with zero attached hydrogens (tertiary/aromatic N) is 3. The van der Waals surface area contributed by atoms with E-state index in [-0.39, 0.29) is 42.4 Å². The Morgan fingerprint density at radius 1 is 1.08 bits per heavy atom. The maximum Gasteiger partial charge on any atom is 0.257 e. The molecule has 0 radical (unpaired) electrons. The summed E-state index contributed by atoms with van der Waals surface area (Å²) in [5, 5.41) is 3.54. The van der Waals surface area contributed by atoms with Crippen LogP contribution in [-0.4, -0.2) is 47.6 Å². The Balaban J connectivity index is 1.20. The minimum atomic E-state index is -3.53. The van der Waals surface area contributed by atoms with Crippen molar-refractivity contribution in [2.75, 3.05) is 12.4 Å². The van der Waals surface area contributed by atoms with Crippen molar-refractivity contribution in [3.8, 4) is 11.4 Å². The highest BCUT2D eigenvalue weighted by molar-refractivity contribution is 7.91. The van der Waals surface area contributed by atoms with E-state index in [9.17, 15) is 22.0 Å². The van der Waals surface area contributed by atoms with E-state index < -0.39 is 27.6 Å². The molecule has 0 unspecified atom stereocenters. The molecule has 1 aromatic carbocycles. The van der Waals surface area contributed by atoms with Crippen LogP contribution in [0, 0.1) is 0 Å². The van der Waals surface area contributed by atoms with Gasteiger partial charge >= 0.3 is 0 Å². The van der Waals surface area contributed by atoms with Gasteiger partial charge < -0.3 is 10.1 Å². The smallest absolute Gasteiger partial charge is 0.257 e. The third kappa shape index (κ3) is 4.74. The van der Waals surface area contributed by atoms with Crippen molar-refractivity contribution < 1.29 is 26.7 Å². The molecule has 0 spiro atoms. The van der Waals surface area contributed by atoms with Gasteiger partial charge in [-0.2, -0.15) is 0 Å². The lowest BCUT2D eigenvalue weighted by Crippen LogP contribution is -2.23. The number of carbonyl (C=O) groups excluding carboxylic acids is 1. The fourth-order valence-electron chi connectivity index (χ4n) is 4.46. The van der Waals surface area contributed by atoms with Gasteiger partial charge in [0.25, 0.3) is 11.8 Å².